The van der Waals surface area contributed by atoms with Gasteiger partial charge in [0.05, 0.1) is 4.92 Å². The van der Waals surface area contributed by atoms with Gasteiger partial charge in [0.2, 0.25) is 5.91 Å². The fraction of sp³-hybridized carbons (Fsp3) is 0.211. The number of carbonyl (C=O) groups excluding carboxylic acids is 1. The third-order valence-electron chi connectivity index (χ3n) is 4.23. The van der Waals surface area contributed by atoms with Gasteiger partial charge < -0.3 is 9.80 Å². The maximum Gasteiger partial charge on any atom is 0.269 e. The molecule has 1 fully saturated rings. The van der Waals surface area contributed by atoms with Crippen LogP contribution in [0, 0.1) is 10.1 Å². The lowest BCUT2D eigenvalue weighted by atomic mass is 10.2. The second-order valence-electron chi connectivity index (χ2n) is 5.83. The van der Waals surface area contributed by atoms with Crippen LogP contribution < -0.4 is 4.90 Å². The van der Waals surface area contributed by atoms with Gasteiger partial charge in [0.25, 0.3) is 5.69 Å². The van der Waals surface area contributed by atoms with Gasteiger partial charge in [-0.05, 0) is 23.8 Å². The molecule has 0 spiro atoms. The molecule has 2 aromatic carbocycles. The fourth-order valence-corrected chi connectivity index (χ4v) is 2.81. The molecule has 0 atom stereocenters. The molecule has 0 aromatic heterocycles. The lowest BCUT2D eigenvalue weighted by Gasteiger charge is -2.35. The van der Waals surface area contributed by atoms with E-state index in [1.165, 1.54) is 12.1 Å². The molecule has 3 rings (SSSR count). The summed E-state index contributed by atoms with van der Waals surface area (Å²) in [5.41, 5.74) is 2.03. The molecule has 0 unspecified atom stereocenters. The van der Waals surface area contributed by atoms with Gasteiger partial charge in [-0.3, -0.25) is 14.9 Å². The van der Waals surface area contributed by atoms with Crippen LogP contribution in [-0.2, 0) is 4.79 Å². The van der Waals surface area contributed by atoms with E-state index < -0.39 is 4.92 Å². The molecule has 6 nitrogen and oxygen atoms in total. The van der Waals surface area contributed by atoms with Gasteiger partial charge in [0.15, 0.2) is 0 Å². The molecule has 0 N–H and O–H groups in total. The van der Waals surface area contributed by atoms with Crippen LogP contribution in [0.5, 0.6) is 0 Å². The Hall–Kier alpha value is -3.15. The predicted molar refractivity (Wildman–Crippen MR) is 97.4 cm³/mol. The molecule has 128 valence electrons. The Morgan fingerprint density at radius 3 is 2.20 bits per heavy atom. The van der Waals surface area contributed by atoms with Crippen LogP contribution in [0.25, 0.3) is 6.08 Å². The van der Waals surface area contributed by atoms with Crippen molar-refractivity contribution in [3.8, 4) is 0 Å². The maximum atomic E-state index is 12.3. The van der Waals surface area contributed by atoms with Crippen LogP contribution in [0.15, 0.2) is 60.7 Å². The van der Waals surface area contributed by atoms with E-state index in [1.807, 2.05) is 41.3 Å². The van der Waals surface area contributed by atoms with E-state index in [-0.39, 0.29) is 11.6 Å². The van der Waals surface area contributed by atoms with Gasteiger partial charge in [-0.1, -0.05) is 30.3 Å². The molecular weight excluding hydrogens is 318 g/mol. The quantitative estimate of drug-likeness (QED) is 0.489. The van der Waals surface area contributed by atoms with Crippen molar-refractivity contribution in [2.24, 2.45) is 0 Å². The highest BCUT2D eigenvalue weighted by atomic mass is 16.6. The lowest BCUT2D eigenvalue weighted by Crippen LogP contribution is -2.48. The Bertz CT molecular complexity index is 764. The van der Waals surface area contributed by atoms with Gasteiger partial charge >= 0.3 is 0 Å². The molecule has 25 heavy (non-hydrogen) atoms. The normalized spacial score (nSPS) is 14.7. The third kappa shape index (κ3) is 4.23. The van der Waals surface area contributed by atoms with Crippen molar-refractivity contribution in [2.45, 2.75) is 0 Å². The number of piperazine rings is 1. The van der Waals surface area contributed by atoms with Crippen molar-refractivity contribution in [1.29, 1.82) is 0 Å². The summed E-state index contributed by atoms with van der Waals surface area (Å²) in [6, 6.07) is 16.3. The standard InChI is InChI=1S/C19H19N3O3/c23-19(11-6-16-4-2-1-3-5-16)21-14-12-20(13-15-21)17-7-9-18(10-8-17)22(24)25/h1-11H,12-15H2/b11-6+. The van der Waals surface area contributed by atoms with Gasteiger partial charge in [-0.15, -0.1) is 0 Å². The zero-order valence-corrected chi connectivity index (χ0v) is 13.7. The predicted octanol–water partition coefficient (Wildman–Crippen LogP) is 2.96. The Balaban J connectivity index is 1.55. The van der Waals surface area contributed by atoms with Crippen molar-refractivity contribution in [3.63, 3.8) is 0 Å². The molecule has 1 heterocycles. The maximum absolute atomic E-state index is 12.3. The van der Waals surface area contributed by atoms with Crippen molar-refractivity contribution in [1.82, 2.24) is 4.90 Å². The number of non-ortho nitro benzene ring substituents is 1. The van der Waals surface area contributed by atoms with Gasteiger partial charge in [-0.2, -0.15) is 0 Å². The van der Waals surface area contributed by atoms with Crippen LogP contribution in [0.1, 0.15) is 5.56 Å². The molecule has 6 heteroatoms. The van der Waals surface area contributed by atoms with Crippen molar-refractivity contribution < 1.29 is 9.72 Å². The number of nitro benzene ring substituents is 1. The molecule has 1 amide bonds. The summed E-state index contributed by atoms with van der Waals surface area (Å²) in [7, 11) is 0. The molecule has 0 bridgehead atoms. The number of hydrogen-bond acceptors (Lipinski definition) is 4. The minimum atomic E-state index is -0.403. The van der Waals surface area contributed by atoms with Crippen LogP contribution in [0.3, 0.4) is 0 Å². The van der Waals surface area contributed by atoms with E-state index in [1.54, 1.807) is 18.2 Å². The SMILES string of the molecule is O=C(/C=C/c1ccccc1)N1CCN(c2ccc([N+](=O)[O-])cc2)CC1. The van der Waals surface area contributed by atoms with Gasteiger partial charge in [-0.25, -0.2) is 0 Å². The van der Waals surface area contributed by atoms with E-state index in [0.29, 0.717) is 26.2 Å². The van der Waals surface area contributed by atoms with Crippen molar-refractivity contribution >= 4 is 23.4 Å². The number of anilines is 1. The summed E-state index contributed by atoms with van der Waals surface area (Å²) >= 11 is 0. The van der Waals surface area contributed by atoms with E-state index in [2.05, 4.69) is 4.90 Å². The number of amides is 1. The fourth-order valence-electron chi connectivity index (χ4n) is 2.81. The third-order valence-corrected chi connectivity index (χ3v) is 4.23. The van der Waals surface area contributed by atoms with E-state index in [4.69, 9.17) is 0 Å². The van der Waals surface area contributed by atoms with E-state index in [9.17, 15) is 14.9 Å². The highest BCUT2D eigenvalue weighted by Crippen LogP contribution is 2.20. The number of hydrogen-bond donors (Lipinski definition) is 0. The minimum Gasteiger partial charge on any atom is -0.368 e. The monoisotopic (exact) mass is 337 g/mol. The van der Waals surface area contributed by atoms with Crippen molar-refractivity contribution in [2.75, 3.05) is 31.1 Å². The molecule has 0 saturated carbocycles. The lowest BCUT2D eigenvalue weighted by molar-refractivity contribution is -0.384. The Morgan fingerprint density at radius 1 is 0.960 bits per heavy atom. The summed E-state index contributed by atoms with van der Waals surface area (Å²) in [5.74, 6) is 0.00667. The highest BCUT2D eigenvalue weighted by Gasteiger charge is 2.20. The van der Waals surface area contributed by atoms with Crippen molar-refractivity contribution in [3.05, 3.63) is 76.4 Å². The first-order valence-electron chi connectivity index (χ1n) is 8.15. The average Bonchev–Trinajstić information content (AvgIpc) is 2.67. The zero-order chi connectivity index (χ0) is 17.6. The zero-order valence-electron chi connectivity index (χ0n) is 13.7. The smallest absolute Gasteiger partial charge is 0.269 e. The number of rotatable bonds is 4. The molecule has 0 aliphatic carbocycles. The molecule has 1 saturated heterocycles. The van der Waals surface area contributed by atoms with Crippen LogP contribution in [0.2, 0.25) is 0 Å². The second-order valence-corrected chi connectivity index (χ2v) is 5.83. The molecule has 1 aliphatic heterocycles. The largest absolute Gasteiger partial charge is 0.368 e. The summed E-state index contributed by atoms with van der Waals surface area (Å²) in [6.45, 7) is 2.69. The number of carbonyl (C=O) groups is 1. The average molecular weight is 337 g/mol. The summed E-state index contributed by atoms with van der Waals surface area (Å²) in [5, 5.41) is 10.7. The van der Waals surface area contributed by atoms with Gasteiger partial charge in [0, 0.05) is 50.1 Å². The van der Waals surface area contributed by atoms with Crippen LogP contribution in [0.4, 0.5) is 11.4 Å². The molecular formula is C19H19N3O3. The minimum absolute atomic E-state index is 0.00667. The molecule has 1 aliphatic rings. The number of nitrogens with zero attached hydrogens (tertiary/aromatic N) is 3. The molecule has 2 aromatic rings. The number of benzene rings is 2. The first kappa shape index (κ1) is 16.7. The van der Waals surface area contributed by atoms with Crippen LogP contribution >= 0.6 is 0 Å². The topological polar surface area (TPSA) is 66.7 Å². The van der Waals surface area contributed by atoms with Crippen LogP contribution in [-0.4, -0.2) is 41.9 Å². The Morgan fingerprint density at radius 2 is 1.60 bits per heavy atom. The highest BCUT2D eigenvalue weighted by molar-refractivity contribution is 5.92. The van der Waals surface area contributed by atoms with E-state index >= 15 is 0 Å². The molecule has 0 radical (unpaired) electrons. The van der Waals surface area contributed by atoms with Gasteiger partial charge in [0.1, 0.15) is 0 Å². The summed E-state index contributed by atoms with van der Waals surface area (Å²) in [6.07, 6.45) is 3.43. The first-order chi connectivity index (χ1) is 12.1. The Kier molecular flexibility index (Phi) is 5.09. The first-order valence-corrected chi connectivity index (χ1v) is 8.15. The Labute approximate surface area is 146 Å². The summed E-state index contributed by atoms with van der Waals surface area (Å²) < 4.78 is 0. The summed E-state index contributed by atoms with van der Waals surface area (Å²) in [4.78, 5) is 26.5. The number of nitro groups is 1. The second kappa shape index (κ2) is 7.61. The van der Waals surface area contributed by atoms with E-state index in [0.717, 1.165) is 11.3 Å².